The van der Waals surface area contributed by atoms with Crippen LogP contribution >= 0.6 is 0 Å². The summed E-state index contributed by atoms with van der Waals surface area (Å²) in [6, 6.07) is 12.6. The number of benzene rings is 2. The number of aromatic amines is 1. The Hall–Kier alpha value is -4.40. The highest BCUT2D eigenvalue weighted by molar-refractivity contribution is 6.02. The number of hydrogen-bond acceptors (Lipinski definition) is 8. The number of aromatic hydroxyl groups is 1. The molecule has 4 aromatic rings. The maximum Gasteiger partial charge on any atom is 0.262 e. The molecule has 9 heteroatoms. The summed E-state index contributed by atoms with van der Waals surface area (Å²) in [6.45, 7) is 1.44. The average Bonchev–Trinajstić information content (AvgIpc) is 2.87. The minimum absolute atomic E-state index is 0.103. The van der Waals surface area contributed by atoms with Gasteiger partial charge in [-0.2, -0.15) is 4.98 Å². The fourth-order valence-electron chi connectivity index (χ4n) is 4.79. The van der Waals surface area contributed by atoms with Gasteiger partial charge in [-0.15, -0.1) is 0 Å². The van der Waals surface area contributed by atoms with E-state index in [1.807, 2.05) is 30.3 Å². The highest BCUT2D eigenvalue weighted by Gasteiger charge is 2.30. The SMILES string of the molecule is O=C1CC(c2ccccc2O)Cc2c1cnc1nc(NCc3ccc4c(c3)OCCO4)[nH]c(=O)c21. The molecule has 2 aromatic carbocycles. The number of nitrogens with zero attached hydrogens (tertiary/aromatic N) is 2. The summed E-state index contributed by atoms with van der Waals surface area (Å²) in [5, 5.41) is 13.7. The topological polar surface area (TPSA) is 126 Å². The van der Waals surface area contributed by atoms with Crippen LogP contribution in [0.3, 0.4) is 0 Å². The van der Waals surface area contributed by atoms with E-state index in [0.29, 0.717) is 59.8 Å². The number of carbonyl (C=O) groups excluding carboxylic acids is 1. The number of anilines is 1. The van der Waals surface area contributed by atoms with Crippen molar-refractivity contribution in [1.82, 2.24) is 15.0 Å². The van der Waals surface area contributed by atoms with Crippen LogP contribution in [-0.2, 0) is 13.0 Å². The number of pyridine rings is 1. The summed E-state index contributed by atoms with van der Waals surface area (Å²) in [5.74, 6) is 1.49. The number of ether oxygens (including phenoxy) is 2. The fourth-order valence-corrected chi connectivity index (χ4v) is 4.79. The molecule has 2 aromatic heterocycles. The van der Waals surface area contributed by atoms with Crippen molar-refractivity contribution < 1.29 is 19.4 Å². The molecule has 0 radical (unpaired) electrons. The number of para-hydroxylation sites is 1. The van der Waals surface area contributed by atoms with Gasteiger partial charge in [0.05, 0.1) is 5.39 Å². The van der Waals surface area contributed by atoms with Crippen LogP contribution in [0, 0.1) is 0 Å². The fraction of sp³-hybridized carbons (Fsp3) is 0.231. The zero-order chi connectivity index (χ0) is 23.9. The zero-order valence-electron chi connectivity index (χ0n) is 18.7. The third-order valence-corrected chi connectivity index (χ3v) is 6.47. The largest absolute Gasteiger partial charge is 0.508 e. The number of carbonyl (C=O) groups is 1. The van der Waals surface area contributed by atoms with Crippen molar-refractivity contribution in [1.29, 1.82) is 0 Å². The van der Waals surface area contributed by atoms with Gasteiger partial charge in [-0.3, -0.25) is 14.6 Å². The predicted octanol–water partition coefficient (Wildman–Crippen LogP) is 3.32. The Morgan fingerprint density at radius 2 is 1.89 bits per heavy atom. The van der Waals surface area contributed by atoms with Crippen molar-refractivity contribution in [3.8, 4) is 17.2 Å². The number of fused-ring (bicyclic) bond motifs is 4. The van der Waals surface area contributed by atoms with Gasteiger partial charge in [0.25, 0.3) is 5.56 Å². The first-order valence-corrected chi connectivity index (χ1v) is 11.4. The van der Waals surface area contributed by atoms with E-state index >= 15 is 0 Å². The number of nitrogens with one attached hydrogen (secondary N) is 2. The first-order chi connectivity index (χ1) is 17.1. The molecular weight excluding hydrogens is 448 g/mol. The van der Waals surface area contributed by atoms with Crippen LogP contribution in [0.15, 0.2) is 53.5 Å². The number of phenolic OH excluding ortho intramolecular Hbond substituents is 1. The van der Waals surface area contributed by atoms with Gasteiger partial charge in [-0.05, 0) is 47.2 Å². The van der Waals surface area contributed by atoms with E-state index in [2.05, 4.69) is 20.3 Å². The number of aromatic nitrogens is 3. The molecule has 0 bridgehead atoms. The number of Topliss-reactive ketones (excluding diaryl/α,β-unsaturated/α-hetero) is 1. The Bertz CT molecular complexity index is 1530. The second-order valence-corrected chi connectivity index (χ2v) is 8.68. The van der Waals surface area contributed by atoms with Crippen LogP contribution in [0.25, 0.3) is 11.0 Å². The number of rotatable bonds is 4. The third-order valence-electron chi connectivity index (χ3n) is 6.47. The van der Waals surface area contributed by atoms with Crippen LogP contribution in [0.4, 0.5) is 5.95 Å². The first kappa shape index (κ1) is 21.2. The molecule has 2 aliphatic rings. The Morgan fingerprint density at radius 1 is 1.06 bits per heavy atom. The summed E-state index contributed by atoms with van der Waals surface area (Å²) in [6.07, 6.45) is 2.18. The van der Waals surface area contributed by atoms with E-state index in [-0.39, 0.29) is 41.0 Å². The Kier molecular flexibility index (Phi) is 5.09. The van der Waals surface area contributed by atoms with Crippen LogP contribution in [0.2, 0.25) is 0 Å². The Labute approximate surface area is 199 Å². The summed E-state index contributed by atoms with van der Waals surface area (Å²) >= 11 is 0. The molecule has 0 saturated carbocycles. The maximum absolute atomic E-state index is 13.1. The molecule has 1 atom stereocenters. The molecule has 3 heterocycles. The highest BCUT2D eigenvalue weighted by Crippen LogP contribution is 2.38. The van der Waals surface area contributed by atoms with Gasteiger partial charge in [0.2, 0.25) is 5.95 Å². The van der Waals surface area contributed by atoms with Gasteiger partial charge >= 0.3 is 0 Å². The first-order valence-electron chi connectivity index (χ1n) is 11.4. The summed E-state index contributed by atoms with van der Waals surface area (Å²) in [5.41, 5.74) is 2.59. The molecule has 0 saturated heterocycles. The van der Waals surface area contributed by atoms with Crippen molar-refractivity contribution in [2.24, 2.45) is 0 Å². The van der Waals surface area contributed by atoms with Gasteiger partial charge in [0.1, 0.15) is 19.0 Å². The van der Waals surface area contributed by atoms with Crippen molar-refractivity contribution in [2.75, 3.05) is 18.5 Å². The highest BCUT2D eigenvalue weighted by atomic mass is 16.6. The lowest BCUT2D eigenvalue weighted by Gasteiger charge is -2.25. The molecule has 9 nitrogen and oxygen atoms in total. The Morgan fingerprint density at radius 3 is 2.74 bits per heavy atom. The molecule has 0 spiro atoms. The van der Waals surface area contributed by atoms with Crippen molar-refractivity contribution in [3.63, 3.8) is 0 Å². The molecule has 6 rings (SSSR count). The number of hydrogen-bond donors (Lipinski definition) is 3. The maximum atomic E-state index is 13.1. The minimum atomic E-state index is -0.366. The van der Waals surface area contributed by atoms with Crippen molar-refractivity contribution >= 4 is 22.8 Å². The molecule has 0 fully saturated rings. The predicted molar refractivity (Wildman–Crippen MR) is 128 cm³/mol. The van der Waals surface area contributed by atoms with Crippen LogP contribution in [-0.4, -0.2) is 39.1 Å². The molecule has 1 aliphatic heterocycles. The molecular formula is C26H22N4O5. The van der Waals surface area contributed by atoms with E-state index in [1.165, 1.54) is 6.20 Å². The van der Waals surface area contributed by atoms with Crippen LogP contribution in [0.5, 0.6) is 17.2 Å². The van der Waals surface area contributed by atoms with Gasteiger partial charge in [-0.1, -0.05) is 24.3 Å². The smallest absolute Gasteiger partial charge is 0.262 e. The van der Waals surface area contributed by atoms with E-state index in [0.717, 1.165) is 5.56 Å². The molecule has 3 N–H and O–H groups in total. The number of ketones is 1. The average molecular weight is 470 g/mol. The minimum Gasteiger partial charge on any atom is -0.508 e. The lowest BCUT2D eigenvalue weighted by atomic mass is 9.79. The van der Waals surface area contributed by atoms with Crippen molar-refractivity contribution in [3.05, 3.63) is 81.3 Å². The van der Waals surface area contributed by atoms with Gasteiger partial charge in [0.15, 0.2) is 22.9 Å². The monoisotopic (exact) mass is 470 g/mol. The standard InChI is InChI=1S/C26H22N4O5/c31-19-4-2-1-3-16(19)15-10-17-18(20(32)11-15)13-27-24-23(17)25(33)30-26(29-24)28-12-14-5-6-21-22(9-14)35-8-7-34-21/h1-6,9,13,15,31H,7-8,10-12H2,(H2,27,28,29,30,33). The van der Waals surface area contributed by atoms with Gasteiger partial charge in [0, 0.05) is 24.7 Å². The molecule has 35 heavy (non-hydrogen) atoms. The van der Waals surface area contributed by atoms with Crippen LogP contribution < -0.4 is 20.3 Å². The van der Waals surface area contributed by atoms with E-state index in [1.54, 1.807) is 12.1 Å². The van der Waals surface area contributed by atoms with Gasteiger partial charge in [-0.25, -0.2) is 4.98 Å². The van der Waals surface area contributed by atoms with E-state index in [9.17, 15) is 14.7 Å². The summed E-state index contributed by atoms with van der Waals surface area (Å²) in [4.78, 5) is 37.6. The lowest BCUT2D eigenvalue weighted by molar-refractivity contribution is 0.0964. The molecule has 1 aliphatic carbocycles. The lowest BCUT2D eigenvalue weighted by Crippen LogP contribution is -2.23. The summed E-state index contributed by atoms with van der Waals surface area (Å²) in [7, 11) is 0. The number of H-pyrrole nitrogens is 1. The molecule has 176 valence electrons. The Balaban J connectivity index is 1.31. The van der Waals surface area contributed by atoms with Gasteiger partial charge < -0.3 is 19.9 Å². The van der Waals surface area contributed by atoms with E-state index < -0.39 is 0 Å². The second kappa shape index (κ2) is 8.43. The summed E-state index contributed by atoms with van der Waals surface area (Å²) < 4.78 is 11.2. The van der Waals surface area contributed by atoms with Crippen molar-refractivity contribution in [2.45, 2.75) is 25.3 Å². The molecule has 0 amide bonds. The number of phenols is 1. The van der Waals surface area contributed by atoms with Crippen LogP contribution in [0.1, 0.15) is 39.4 Å². The zero-order valence-corrected chi connectivity index (χ0v) is 18.7. The molecule has 1 unspecified atom stereocenters. The van der Waals surface area contributed by atoms with E-state index in [4.69, 9.17) is 9.47 Å². The normalized spacial score (nSPS) is 16.7. The quantitative estimate of drug-likeness (QED) is 0.415. The second-order valence-electron chi connectivity index (χ2n) is 8.68. The third kappa shape index (κ3) is 3.84.